The number of nitrogens with one attached hydrogen (secondary N) is 1. The molecule has 1 aromatic rings. The zero-order valence-corrected chi connectivity index (χ0v) is 12.4. The molecule has 1 unspecified atom stereocenters. The molecule has 1 atom stereocenters. The smallest absolute Gasteiger partial charge is 0.0756 e. The molecule has 5 rings (SSSR count). The monoisotopic (exact) mass is 271 g/mol. The van der Waals surface area contributed by atoms with Crippen LogP contribution in [0.1, 0.15) is 56.7 Å². The van der Waals surface area contributed by atoms with E-state index < -0.39 is 0 Å². The molecule has 0 amide bonds. The maximum Gasteiger partial charge on any atom is 0.0756 e. The Labute approximate surface area is 121 Å². The number of aromatic nitrogens is 2. The van der Waals surface area contributed by atoms with Crippen molar-refractivity contribution in [3.05, 3.63) is 24.3 Å². The first-order valence-corrected chi connectivity index (χ1v) is 8.19. The van der Waals surface area contributed by atoms with Gasteiger partial charge in [0.05, 0.1) is 11.7 Å². The summed E-state index contributed by atoms with van der Waals surface area (Å²) in [7, 11) is 2.07. The van der Waals surface area contributed by atoms with Crippen LogP contribution >= 0.6 is 0 Å². The molecule has 3 nitrogen and oxygen atoms in total. The Hall–Kier alpha value is -0.960. The van der Waals surface area contributed by atoms with E-state index in [1.165, 1.54) is 44.9 Å². The fourth-order valence-corrected chi connectivity index (χ4v) is 5.82. The molecular formula is C17H25N3. The van der Waals surface area contributed by atoms with Crippen LogP contribution in [0.2, 0.25) is 0 Å². The Balaban J connectivity index is 1.55. The van der Waals surface area contributed by atoms with Gasteiger partial charge in [-0.1, -0.05) is 0 Å². The molecule has 4 aliphatic carbocycles. The fraction of sp³-hybridized carbons (Fsp3) is 0.765. The number of rotatable bonds is 4. The normalized spacial score (nSPS) is 40.0. The summed E-state index contributed by atoms with van der Waals surface area (Å²) in [4.78, 5) is 8.77. The lowest BCUT2D eigenvalue weighted by Crippen LogP contribution is -2.47. The minimum atomic E-state index is 0.375. The highest BCUT2D eigenvalue weighted by atomic mass is 14.9. The van der Waals surface area contributed by atoms with Gasteiger partial charge in [-0.15, -0.1) is 0 Å². The predicted octanol–water partition coefficient (Wildman–Crippen LogP) is 3.34. The number of hydrogen-bond donors (Lipinski definition) is 1. The second-order valence-corrected chi connectivity index (χ2v) is 7.59. The first kappa shape index (κ1) is 12.8. The molecule has 1 aromatic heterocycles. The summed E-state index contributed by atoms with van der Waals surface area (Å²) >= 11 is 0. The SMILES string of the molecule is CNC(CC12CC3CC(CC(C3)C1)C2)c1cnccn1. The van der Waals surface area contributed by atoms with E-state index in [9.17, 15) is 0 Å². The first-order chi connectivity index (χ1) is 9.76. The predicted molar refractivity (Wildman–Crippen MR) is 79.1 cm³/mol. The van der Waals surface area contributed by atoms with Crippen LogP contribution in [0.4, 0.5) is 0 Å². The molecule has 4 aliphatic rings. The molecule has 0 saturated heterocycles. The largest absolute Gasteiger partial charge is 0.312 e. The number of hydrogen-bond acceptors (Lipinski definition) is 3. The standard InChI is InChI=1S/C17H25N3/c1-18-15(16-11-19-2-3-20-16)10-17-7-12-4-13(8-17)6-14(5-12)9-17/h2-3,11-15,18H,4-10H2,1H3. The Morgan fingerprint density at radius 3 is 2.30 bits per heavy atom. The van der Waals surface area contributed by atoms with Crippen LogP contribution < -0.4 is 5.32 Å². The average Bonchev–Trinajstić information content (AvgIpc) is 2.44. The minimum absolute atomic E-state index is 0.375. The molecule has 20 heavy (non-hydrogen) atoms. The highest BCUT2D eigenvalue weighted by Crippen LogP contribution is 2.62. The van der Waals surface area contributed by atoms with E-state index in [1.807, 2.05) is 12.4 Å². The molecule has 0 spiro atoms. The van der Waals surface area contributed by atoms with Crippen LogP contribution in [0.5, 0.6) is 0 Å². The maximum absolute atomic E-state index is 4.52. The van der Waals surface area contributed by atoms with Gasteiger partial charge >= 0.3 is 0 Å². The molecule has 1 heterocycles. The molecule has 1 N–H and O–H groups in total. The van der Waals surface area contributed by atoms with E-state index in [2.05, 4.69) is 22.3 Å². The summed E-state index contributed by atoms with van der Waals surface area (Å²) in [6, 6.07) is 0.375. The second-order valence-electron chi connectivity index (χ2n) is 7.59. The Morgan fingerprint density at radius 2 is 1.80 bits per heavy atom. The zero-order valence-electron chi connectivity index (χ0n) is 12.4. The highest BCUT2D eigenvalue weighted by Gasteiger charge is 2.51. The van der Waals surface area contributed by atoms with Gasteiger partial charge in [0.2, 0.25) is 0 Å². The molecule has 0 aromatic carbocycles. The minimum Gasteiger partial charge on any atom is -0.312 e. The van der Waals surface area contributed by atoms with Gasteiger partial charge in [-0.2, -0.15) is 0 Å². The van der Waals surface area contributed by atoms with Crippen molar-refractivity contribution in [3.63, 3.8) is 0 Å². The van der Waals surface area contributed by atoms with E-state index in [4.69, 9.17) is 0 Å². The van der Waals surface area contributed by atoms with Gasteiger partial charge in [0.1, 0.15) is 0 Å². The van der Waals surface area contributed by atoms with Gasteiger partial charge < -0.3 is 5.32 Å². The summed E-state index contributed by atoms with van der Waals surface area (Å²) in [6.07, 6.45) is 15.7. The molecule has 108 valence electrons. The van der Waals surface area contributed by atoms with Crippen molar-refractivity contribution >= 4 is 0 Å². The van der Waals surface area contributed by atoms with Crippen molar-refractivity contribution in [1.29, 1.82) is 0 Å². The van der Waals surface area contributed by atoms with E-state index >= 15 is 0 Å². The van der Waals surface area contributed by atoms with E-state index in [-0.39, 0.29) is 0 Å². The molecule has 0 radical (unpaired) electrons. The lowest BCUT2D eigenvalue weighted by Gasteiger charge is -2.57. The van der Waals surface area contributed by atoms with E-state index in [0.29, 0.717) is 11.5 Å². The van der Waals surface area contributed by atoms with Crippen LogP contribution in [0.15, 0.2) is 18.6 Å². The van der Waals surface area contributed by atoms with Crippen molar-refractivity contribution in [1.82, 2.24) is 15.3 Å². The lowest BCUT2D eigenvalue weighted by molar-refractivity contribution is -0.0621. The lowest BCUT2D eigenvalue weighted by atomic mass is 9.48. The van der Waals surface area contributed by atoms with Crippen molar-refractivity contribution in [3.8, 4) is 0 Å². The third kappa shape index (κ3) is 2.16. The Kier molecular flexibility index (Phi) is 3.06. The van der Waals surface area contributed by atoms with Crippen molar-refractivity contribution < 1.29 is 0 Å². The third-order valence-electron chi connectivity index (χ3n) is 6.09. The topological polar surface area (TPSA) is 37.8 Å². The average molecular weight is 271 g/mol. The van der Waals surface area contributed by atoms with Gasteiger partial charge in [-0.3, -0.25) is 9.97 Å². The van der Waals surface area contributed by atoms with Gasteiger partial charge in [-0.05, 0) is 75.2 Å². The summed E-state index contributed by atoms with van der Waals surface area (Å²) in [5, 5.41) is 3.49. The maximum atomic E-state index is 4.52. The van der Waals surface area contributed by atoms with Gasteiger partial charge in [0.15, 0.2) is 0 Å². The van der Waals surface area contributed by atoms with Crippen LogP contribution in [0, 0.1) is 23.2 Å². The Morgan fingerprint density at radius 1 is 1.15 bits per heavy atom. The summed E-state index contributed by atoms with van der Waals surface area (Å²) in [6.45, 7) is 0. The zero-order chi connectivity index (χ0) is 13.6. The van der Waals surface area contributed by atoms with Crippen molar-refractivity contribution in [2.24, 2.45) is 23.2 Å². The van der Waals surface area contributed by atoms with Gasteiger partial charge in [-0.25, -0.2) is 0 Å². The van der Waals surface area contributed by atoms with Gasteiger partial charge in [0, 0.05) is 18.6 Å². The molecule has 4 saturated carbocycles. The summed E-state index contributed by atoms with van der Waals surface area (Å²) < 4.78 is 0. The van der Waals surface area contributed by atoms with Crippen molar-refractivity contribution in [2.45, 2.75) is 51.0 Å². The van der Waals surface area contributed by atoms with Crippen LogP contribution in [0.3, 0.4) is 0 Å². The first-order valence-electron chi connectivity index (χ1n) is 8.19. The molecular weight excluding hydrogens is 246 g/mol. The van der Waals surface area contributed by atoms with Crippen LogP contribution in [0.25, 0.3) is 0 Å². The molecule has 4 fully saturated rings. The number of nitrogens with zero attached hydrogens (tertiary/aromatic N) is 2. The van der Waals surface area contributed by atoms with E-state index in [0.717, 1.165) is 23.4 Å². The quantitative estimate of drug-likeness (QED) is 0.912. The van der Waals surface area contributed by atoms with Crippen LogP contribution in [-0.4, -0.2) is 17.0 Å². The molecule has 3 heteroatoms. The molecule has 4 bridgehead atoms. The Bertz CT molecular complexity index is 435. The third-order valence-corrected chi connectivity index (χ3v) is 6.09. The highest BCUT2D eigenvalue weighted by molar-refractivity contribution is 5.08. The summed E-state index contributed by atoms with van der Waals surface area (Å²) in [5.41, 5.74) is 1.71. The fourth-order valence-electron chi connectivity index (χ4n) is 5.82. The second kappa shape index (κ2) is 4.80. The van der Waals surface area contributed by atoms with E-state index in [1.54, 1.807) is 6.20 Å². The van der Waals surface area contributed by atoms with Crippen LogP contribution in [-0.2, 0) is 0 Å². The molecule has 0 aliphatic heterocycles. The van der Waals surface area contributed by atoms with Crippen molar-refractivity contribution in [2.75, 3.05) is 7.05 Å². The summed E-state index contributed by atoms with van der Waals surface area (Å²) in [5.74, 6) is 3.09. The van der Waals surface area contributed by atoms with Gasteiger partial charge in [0.25, 0.3) is 0 Å².